The highest BCUT2D eigenvalue weighted by Crippen LogP contribution is 2.11. The Balaban J connectivity index is 2.06. The van der Waals surface area contributed by atoms with Crippen molar-refractivity contribution in [1.82, 2.24) is 14.9 Å². The van der Waals surface area contributed by atoms with Crippen LogP contribution in [0.1, 0.15) is 16.1 Å². The monoisotopic (exact) mass is 261 g/mol. The first kappa shape index (κ1) is 12.5. The van der Waals surface area contributed by atoms with Gasteiger partial charge in [-0.3, -0.25) is 9.78 Å². The lowest BCUT2D eigenvalue weighted by Gasteiger charge is -2.16. The summed E-state index contributed by atoms with van der Waals surface area (Å²) in [6.07, 6.45) is 4.50. The maximum absolute atomic E-state index is 12.0. The molecule has 0 aliphatic rings. The van der Waals surface area contributed by atoms with E-state index in [2.05, 4.69) is 9.97 Å². The number of carbonyl (C=O) groups excluding carboxylic acids is 1. The van der Waals surface area contributed by atoms with Crippen LogP contribution in [-0.4, -0.2) is 27.8 Å². The number of hydrogen-bond donors (Lipinski definition) is 0. The molecule has 0 aliphatic heterocycles. The van der Waals surface area contributed by atoms with Crippen LogP contribution in [0.4, 0.5) is 0 Å². The van der Waals surface area contributed by atoms with Crippen molar-refractivity contribution in [2.24, 2.45) is 0 Å². The summed E-state index contributed by atoms with van der Waals surface area (Å²) in [6.45, 7) is 0.507. The predicted octanol–water partition coefficient (Wildman–Crippen LogP) is 2.40. The SMILES string of the molecule is CN(Cc1ccc(Cl)cc1)C(=O)c1cnccn1. The third-order valence-corrected chi connectivity index (χ3v) is 2.71. The molecule has 2 rings (SSSR count). The van der Waals surface area contributed by atoms with Crippen LogP contribution in [0.5, 0.6) is 0 Å². The molecule has 4 nitrogen and oxygen atoms in total. The van der Waals surface area contributed by atoms with Gasteiger partial charge in [-0.1, -0.05) is 23.7 Å². The molecule has 0 atom stereocenters. The van der Waals surface area contributed by atoms with Gasteiger partial charge in [0.1, 0.15) is 5.69 Å². The fourth-order valence-electron chi connectivity index (χ4n) is 1.54. The second kappa shape index (κ2) is 5.60. The quantitative estimate of drug-likeness (QED) is 0.852. The first-order chi connectivity index (χ1) is 8.66. The highest BCUT2D eigenvalue weighted by atomic mass is 35.5. The molecule has 1 aromatic carbocycles. The van der Waals surface area contributed by atoms with Gasteiger partial charge in [0.2, 0.25) is 0 Å². The van der Waals surface area contributed by atoms with E-state index in [1.807, 2.05) is 12.1 Å². The highest BCUT2D eigenvalue weighted by Gasteiger charge is 2.13. The third-order valence-electron chi connectivity index (χ3n) is 2.46. The summed E-state index contributed by atoms with van der Waals surface area (Å²) in [4.78, 5) is 21.5. The van der Waals surface area contributed by atoms with Crippen LogP contribution in [-0.2, 0) is 6.54 Å². The topological polar surface area (TPSA) is 46.1 Å². The van der Waals surface area contributed by atoms with E-state index in [9.17, 15) is 4.79 Å². The maximum Gasteiger partial charge on any atom is 0.274 e. The van der Waals surface area contributed by atoms with Gasteiger partial charge in [-0.15, -0.1) is 0 Å². The second-order valence-corrected chi connectivity index (χ2v) is 4.31. The number of halogens is 1. The molecule has 2 aromatic rings. The molecule has 0 unspecified atom stereocenters. The van der Waals surface area contributed by atoms with Gasteiger partial charge in [-0.05, 0) is 17.7 Å². The molecule has 0 radical (unpaired) electrons. The number of rotatable bonds is 3. The Labute approximate surface area is 110 Å². The molecule has 0 spiro atoms. The van der Waals surface area contributed by atoms with E-state index >= 15 is 0 Å². The van der Waals surface area contributed by atoms with Crippen LogP contribution in [0.25, 0.3) is 0 Å². The second-order valence-electron chi connectivity index (χ2n) is 3.88. The largest absolute Gasteiger partial charge is 0.336 e. The Morgan fingerprint density at radius 2 is 2.00 bits per heavy atom. The van der Waals surface area contributed by atoms with Crippen LogP contribution >= 0.6 is 11.6 Å². The van der Waals surface area contributed by atoms with E-state index in [0.717, 1.165) is 5.56 Å². The maximum atomic E-state index is 12.0. The fraction of sp³-hybridized carbons (Fsp3) is 0.154. The van der Waals surface area contributed by atoms with E-state index < -0.39 is 0 Å². The van der Waals surface area contributed by atoms with Crippen LogP contribution in [0.2, 0.25) is 5.02 Å². The zero-order chi connectivity index (χ0) is 13.0. The summed E-state index contributed by atoms with van der Waals surface area (Å²) in [5, 5.41) is 0.682. The third kappa shape index (κ3) is 3.05. The summed E-state index contributed by atoms with van der Waals surface area (Å²) >= 11 is 5.81. The van der Waals surface area contributed by atoms with Crippen molar-refractivity contribution in [3.63, 3.8) is 0 Å². The van der Waals surface area contributed by atoms with Crippen molar-refractivity contribution < 1.29 is 4.79 Å². The summed E-state index contributed by atoms with van der Waals surface area (Å²) in [7, 11) is 1.73. The molecule has 1 amide bonds. The van der Waals surface area contributed by atoms with Crippen LogP contribution in [0.3, 0.4) is 0 Å². The molecule has 92 valence electrons. The summed E-state index contributed by atoms with van der Waals surface area (Å²) in [5.74, 6) is -0.155. The van der Waals surface area contributed by atoms with Gasteiger partial charge in [0.25, 0.3) is 5.91 Å². The van der Waals surface area contributed by atoms with Crippen molar-refractivity contribution in [3.8, 4) is 0 Å². The zero-order valence-electron chi connectivity index (χ0n) is 9.88. The molecular weight excluding hydrogens is 250 g/mol. The van der Waals surface area contributed by atoms with E-state index in [1.54, 1.807) is 24.1 Å². The predicted molar refractivity (Wildman–Crippen MR) is 69.3 cm³/mol. The number of benzene rings is 1. The molecule has 18 heavy (non-hydrogen) atoms. The average Bonchev–Trinajstić information content (AvgIpc) is 2.41. The van der Waals surface area contributed by atoms with Crippen LogP contribution < -0.4 is 0 Å². The Morgan fingerprint density at radius 1 is 1.28 bits per heavy atom. The molecule has 0 saturated heterocycles. The van der Waals surface area contributed by atoms with E-state index in [4.69, 9.17) is 11.6 Å². The molecule has 0 aliphatic carbocycles. The lowest BCUT2D eigenvalue weighted by atomic mass is 10.2. The van der Waals surface area contributed by atoms with Crippen LogP contribution in [0, 0.1) is 0 Å². The number of aromatic nitrogens is 2. The molecule has 1 aromatic heterocycles. The summed E-state index contributed by atoms with van der Waals surface area (Å²) in [5.41, 5.74) is 1.35. The van der Waals surface area contributed by atoms with Crippen molar-refractivity contribution >= 4 is 17.5 Å². The molecule has 5 heteroatoms. The average molecular weight is 262 g/mol. The van der Waals surface area contributed by atoms with Gasteiger partial charge in [0.15, 0.2) is 0 Å². The van der Waals surface area contributed by atoms with Gasteiger partial charge in [-0.25, -0.2) is 4.98 Å². The number of hydrogen-bond acceptors (Lipinski definition) is 3. The molecular formula is C13H12ClN3O. The minimum atomic E-state index is -0.155. The number of amides is 1. The van der Waals surface area contributed by atoms with Gasteiger partial charge in [0.05, 0.1) is 6.20 Å². The zero-order valence-corrected chi connectivity index (χ0v) is 10.6. The lowest BCUT2D eigenvalue weighted by Crippen LogP contribution is -2.27. The number of carbonyl (C=O) groups is 1. The number of nitrogens with zero attached hydrogens (tertiary/aromatic N) is 3. The molecule has 0 bridgehead atoms. The van der Waals surface area contributed by atoms with Crippen molar-refractivity contribution in [2.45, 2.75) is 6.54 Å². The van der Waals surface area contributed by atoms with Gasteiger partial charge in [-0.2, -0.15) is 0 Å². The molecule has 0 saturated carbocycles. The Bertz CT molecular complexity index is 528. The van der Waals surface area contributed by atoms with Crippen molar-refractivity contribution in [2.75, 3.05) is 7.05 Å². The normalized spacial score (nSPS) is 10.1. The first-order valence-corrected chi connectivity index (χ1v) is 5.80. The molecule has 0 N–H and O–H groups in total. The fourth-order valence-corrected chi connectivity index (χ4v) is 1.67. The van der Waals surface area contributed by atoms with Gasteiger partial charge in [0, 0.05) is 31.0 Å². The minimum Gasteiger partial charge on any atom is -0.336 e. The summed E-state index contributed by atoms with van der Waals surface area (Å²) < 4.78 is 0. The smallest absolute Gasteiger partial charge is 0.274 e. The van der Waals surface area contributed by atoms with E-state index in [0.29, 0.717) is 17.3 Å². The molecule has 1 heterocycles. The Morgan fingerprint density at radius 3 is 2.61 bits per heavy atom. The molecule has 0 fully saturated rings. The summed E-state index contributed by atoms with van der Waals surface area (Å²) in [6, 6.07) is 7.39. The van der Waals surface area contributed by atoms with Crippen LogP contribution in [0.15, 0.2) is 42.9 Å². The van der Waals surface area contributed by atoms with Crippen molar-refractivity contribution in [3.05, 3.63) is 59.1 Å². The van der Waals surface area contributed by atoms with Crippen molar-refractivity contribution in [1.29, 1.82) is 0 Å². The Hall–Kier alpha value is -1.94. The standard InChI is InChI=1S/C13H12ClN3O/c1-17(9-10-2-4-11(14)5-3-10)13(18)12-8-15-6-7-16-12/h2-8H,9H2,1H3. The van der Waals surface area contributed by atoms with E-state index in [1.165, 1.54) is 18.6 Å². The first-order valence-electron chi connectivity index (χ1n) is 5.43. The lowest BCUT2D eigenvalue weighted by molar-refractivity contribution is 0.0779. The van der Waals surface area contributed by atoms with Gasteiger partial charge >= 0.3 is 0 Å². The van der Waals surface area contributed by atoms with E-state index in [-0.39, 0.29) is 5.91 Å². The minimum absolute atomic E-state index is 0.155. The van der Waals surface area contributed by atoms with Gasteiger partial charge < -0.3 is 4.90 Å². The Kier molecular flexibility index (Phi) is 3.89. The highest BCUT2D eigenvalue weighted by molar-refractivity contribution is 6.30.